The van der Waals surface area contributed by atoms with Crippen molar-refractivity contribution < 1.29 is 39.6 Å². The van der Waals surface area contributed by atoms with Crippen LogP contribution < -0.4 is 17.2 Å². The van der Waals surface area contributed by atoms with E-state index >= 15 is 0 Å². The molecule has 3 unspecified atom stereocenters. The van der Waals surface area contributed by atoms with Gasteiger partial charge in [0.05, 0.1) is 0 Å². The summed E-state index contributed by atoms with van der Waals surface area (Å²) in [6.07, 6.45) is 0.161. The van der Waals surface area contributed by atoms with Gasteiger partial charge in [-0.15, -0.1) is 0 Å². The molecule has 170 valence electrons. The molecule has 0 saturated heterocycles. The van der Waals surface area contributed by atoms with Crippen molar-refractivity contribution in [1.29, 1.82) is 0 Å². The van der Waals surface area contributed by atoms with E-state index in [1.54, 1.807) is 13.8 Å². The summed E-state index contributed by atoms with van der Waals surface area (Å²) in [5.41, 5.74) is 16.5. The summed E-state index contributed by atoms with van der Waals surface area (Å²) >= 11 is 0. The third kappa shape index (κ3) is 16.0. The average Bonchev–Trinajstić information content (AvgIpc) is 2.66. The van der Waals surface area contributed by atoms with E-state index in [9.17, 15) is 19.2 Å². The van der Waals surface area contributed by atoms with Crippen LogP contribution in [0, 0.1) is 5.92 Å². The van der Waals surface area contributed by atoms with E-state index in [4.69, 9.17) is 37.6 Å². The van der Waals surface area contributed by atoms with Crippen LogP contribution in [0.4, 0.5) is 0 Å². The van der Waals surface area contributed by atoms with Gasteiger partial charge in [-0.2, -0.15) is 0 Å². The minimum atomic E-state index is -1.17. The lowest BCUT2D eigenvalue weighted by Crippen LogP contribution is -2.34. The predicted molar refractivity (Wildman–Crippen MR) is 109 cm³/mol. The van der Waals surface area contributed by atoms with E-state index in [-0.39, 0.29) is 18.8 Å². The molecule has 1 rings (SSSR count). The second-order valence-electron chi connectivity index (χ2n) is 6.62. The van der Waals surface area contributed by atoms with Gasteiger partial charge < -0.3 is 37.6 Å². The molecule has 0 saturated carbocycles. The van der Waals surface area contributed by atoms with E-state index in [1.807, 2.05) is 30.3 Å². The summed E-state index contributed by atoms with van der Waals surface area (Å²) in [6, 6.07) is 6.77. The van der Waals surface area contributed by atoms with Crippen LogP contribution in [0.2, 0.25) is 0 Å². The molecule has 0 spiro atoms. The summed E-state index contributed by atoms with van der Waals surface area (Å²) in [6.45, 7) is 3.55. The molecule has 0 aliphatic heterocycles. The maximum Gasteiger partial charge on any atom is 0.320 e. The minimum Gasteiger partial charge on any atom is -0.481 e. The Morgan fingerprint density at radius 1 is 0.800 bits per heavy atom. The second kappa shape index (κ2) is 15.9. The minimum absolute atomic E-state index is 0.0208. The molecule has 3 atom stereocenters. The van der Waals surface area contributed by atoms with Gasteiger partial charge in [0.1, 0.15) is 18.1 Å². The number of aliphatic carboxylic acids is 4. The molecule has 10 N–H and O–H groups in total. The van der Waals surface area contributed by atoms with Gasteiger partial charge in [-0.1, -0.05) is 44.2 Å². The Morgan fingerprint density at radius 3 is 1.57 bits per heavy atom. The third-order valence-corrected chi connectivity index (χ3v) is 3.61. The fourth-order valence-corrected chi connectivity index (χ4v) is 1.64. The van der Waals surface area contributed by atoms with Gasteiger partial charge in [-0.3, -0.25) is 19.2 Å². The Bertz CT molecular complexity index is 667. The second-order valence-corrected chi connectivity index (χ2v) is 6.62. The first-order valence-corrected chi connectivity index (χ1v) is 9.00. The van der Waals surface area contributed by atoms with Crippen molar-refractivity contribution in [2.24, 2.45) is 23.1 Å². The molecule has 0 heterocycles. The van der Waals surface area contributed by atoms with Crippen molar-refractivity contribution in [2.75, 3.05) is 0 Å². The lowest BCUT2D eigenvalue weighted by atomic mass is 10.1. The van der Waals surface area contributed by atoms with Gasteiger partial charge in [-0.25, -0.2) is 0 Å². The smallest absolute Gasteiger partial charge is 0.320 e. The molecule has 0 amide bonds. The monoisotopic (exact) mass is 429 g/mol. The van der Waals surface area contributed by atoms with E-state index in [0.717, 1.165) is 5.56 Å². The number of carboxylic acids is 4. The highest BCUT2D eigenvalue weighted by atomic mass is 16.4. The van der Waals surface area contributed by atoms with E-state index in [2.05, 4.69) is 0 Å². The molecule has 0 aliphatic rings. The van der Waals surface area contributed by atoms with Gasteiger partial charge in [-0.05, 0) is 24.3 Å². The SMILES string of the molecule is CC(C)C(N)C(=O)O.NC(CCC(=O)O)C(=O)O.NC(Cc1ccccc1)C(=O)O. The first-order valence-electron chi connectivity index (χ1n) is 9.00. The highest BCUT2D eigenvalue weighted by Crippen LogP contribution is 2.01. The van der Waals surface area contributed by atoms with E-state index in [1.165, 1.54) is 0 Å². The van der Waals surface area contributed by atoms with Crippen molar-refractivity contribution in [1.82, 2.24) is 0 Å². The molecule has 1 aromatic carbocycles. The van der Waals surface area contributed by atoms with Crippen molar-refractivity contribution in [2.45, 2.75) is 51.2 Å². The Labute approximate surface area is 174 Å². The quantitative estimate of drug-likeness (QED) is 0.275. The third-order valence-electron chi connectivity index (χ3n) is 3.61. The van der Waals surface area contributed by atoms with Crippen molar-refractivity contribution >= 4 is 23.9 Å². The van der Waals surface area contributed by atoms with E-state index < -0.39 is 42.0 Å². The summed E-state index contributed by atoms with van der Waals surface area (Å²) in [7, 11) is 0. The zero-order valence-corrected chi connectivity index (χ0v) is 17.0. The van der Waals surface area contributed by atoms with Gasteiger partial charge >= 0.3 is 23.9 Å². The lowest BCUT2D eigenvalue weighted by Gasteiger charge is -2.07. The van der Waals surface area contributed by atoms with Gasteiger partial charge in [0.2, 0.25) is 0 Å². The van der Waals surface area contributed by atoms with Gasteiger partial charge in [0, 0.05) is 6.42 Å². The largest absolute Gasteiger partial charge is 0.481 e. The number of hydrogen-bond acceptors (Lipinski definition) is 7. The molecule has 1 aromatic rings. The van der Waals surface area contributed by atoms with Crippen molar-refractivity contribution in [3.8, 4) is 0 Å². The lowest BCUT2D eigenvalue weighted by molar-refractivity contribution is -0.141. The molecule has 11 heteroatoms. The molecule has 11 nitrogen and oxygen atoms in total. The topological polar surface area (TPSA) is 227 Å². The van der Waals surface area contributed by atoms with Crippen LogP contribution in [0.15, 0.2) is 30.3 Å². The van der Waals surface area contributed by atoms with Crippen molar-refractivity contribution in [3.05, 3.63) is 35.9 Å². The summed E-state index contributed by atoms with van der Waals surface area (Å²) < 4.78 is 0. The molecule has 0 fully saturated rings. The maximum atomic E-state index is 10.4. The molecular formula is C19H31N3O8. The fraction of sp³-hybridized carbons (Fsp3) is 0.474. The van der Waals surface area contributed by atoms with Crippen LogP contribution in [0.3, 0.4) is 0 Å². The standard InChI is InChI=1S/C9H11NO2.C5H9NO4.C5H11NO2/c10-8(9(11)12)6-7-4-2-1-3-5-7;6-3(5(9)10)1-2-4(7)8;1-3(2)4(6)5(7)8/h1-5,8H,6,10H2,(H,11,12);3H,1-2,6H2,(H,7,8)(H,9,10);3-4H,6H2,1-2H3,(H,7,8). The first kappa shape index (κ1) is 29.2. The van der Waals surface area contributed by atoms with Crippen LogP contribution in [-0.2, 0) is 25.6 Å². The average molecular weight is 429 g/mol. The molecule has 0 bridgehead atoms. The molecular weight excluding hydrogens is 398 g/mol. The summed E-state index contributed by atoms with van der Waals surface area (Å²) in [5, 5.41) is 33.0. The van der Waals surface area contributed by atoms with Gasteiger partial charge in [0.15, 0.2) is 0 Å². The summed E-state index contributed by atoms with van der Waals surface area (Å²) in [5.74, 6) is -4.07. The zero-order valence-electron chi connectivity index (χ0n) is 17.0. The first-order chi connectivity index (χ1) is 13.8. The van der Waals surface area contributed by atoms with Crippen LogP contribution in [0.1, 0.15) is 32.3 Å². The maximum absolute atomic E-state index is 10.4. The van der Waals surface area contributed by atoms with E-state index in [0.29, 0.717) is 6.42 Å². The number of carbonyl (C=O) groups is 4. The Hall–Kier alpha value is -3.02. The van der Waals surface area contributed by atoms with Crippen LogP contribution in [-0.4, -0.2) is 62.4 Å². The number of hydrogen-bond donors (Lipinski definition) is 7. The fourth-order valence-electron chi connectivity index (χ4n) is 1.64. The zero-order chi connectivity index (χ0) is 23.9. The van der Waals surface area contributed by atoms with Gasteiger partial charge in [0.25, 0.3) is 0 Å². The number of benzene rings is 1. The Balaban J connectivity index is 0. The molecule has 30 heavy (non-hydrogen) atoms. The highest BCUT2D eigenvalue weighted by Gasteiger charge is 2.14. The molecule has 0 aromatic heterocycles. The molecule has 0 aliphatic carbocycles. The number of rotatable bonds is 9. The normalized spacial score (nSPS) is 12.9. The van der Waals surface area contributed by atoms with Crippen LogP contribution in [0.5, 0.6) is 0 Å². The Kier molecular flexibility index (Phi) is 15.4. The van der Waals surface area contributed by atoms with Crippen molar-refractivity contribution in [3.63, 3.8) is 0 Å². The Morgan fingerprint density at radius 2 is 1.27 bits per heavy atom. The summed E-state index contributed by atoms with van der Waals surface area (Å²) in [4.78, 5) is 40.3. The number of nitrogens with two attached hydrogens (primary N) is 3. The van der Waals surface area contributed by atoms with Crippen LogP contribution >= 0.6 is 0 Å². The number of carboxylic acid groups (broad SMARTS) is 4. The highest BCUT2D eigenvalue weighted by molar-refractivity contribution is 5.75. The predicted octanol–water partition coefficient (Wildman–Crippen LogP) is -0.0416. The van der Waals surface area contributed by atoms with Crippen LogP contribution in [0.25, 0.3) is 0 Å². The molecule has 0 radical (unpaired) electrons.